The number of nitrogens with one attached hydrogen (secondary N) is 3. The van der Waals surface area contributed by atoms with Crippen molar-refractivity contribution in [1.82, 2.24) is 20.9 Å². The number of pyridine rings is 1. The van der Waals surface area contributed by atoms with Crippen LogP contribution in [0.2, 0.25) is 0 Å². The number of aliphatic hydroxyl groups excluding tert-OH is 1. The molecule has 0 aliphatic rings. The number of halogens is 1. The maximum atomic E-state index is 13.7. The summed E-state index contributed by atoms with van der Waals surface area (Å²) in [6, 6.07) is 0.868. The molecule has 0 bridgehead atoms. The molecule has 148 valence electrons. The third kappa shape index (κ3) is 6.76. The molecule has 0 aliphatic carbocycles. The van der Waals surface area contributed by atoms with E-state index in [4.69, 9.17) is 10.2 Å². The van der Waals surface area contributed by atoms with E-state index in [-0.39, 0.29) is 36.3 Å². The number of carboxylic acid groups (broad SMARTS) is 1. The van der Waals surface area contributed by atoms with Crippen molar-refractivity contribution in [2.24, 2.45) is 5.92 Å². The van der Waals surface area contributed by atoms with E-state index in [0.29, 0.717) is 0 Å². The van der Waals surface area contributed by atoms with Crippen LogP contribution in [0, 0.1) is 11.7 Å². The van der Waals surface area contributed by atoms with E-state index in [1.54, 1.807) is 13.8 Å². The van der Waals surface area contributed by atoms with Gasteiger partial charge in [-0.2, -0.15) is 0 Å². The standard InChI is InChI=1S/C17H23FN4O5/c1-4-12(15(24)22-14(9(2)3)17(26)27)21-16(25)13-6-10(18)5-11(20-13)7-19-8-23/h4-6,9,14,19,23H,7-8H2,1-3H3,(H,21,25)(H,22,24)(H,26,27)/b12-4-/t14-/m0/s1. The number of aliphatic carboxylic acids is 1. The van der Waals surface area contributed by atoms with Crippen LogP contribution in [0.3, 0.4) is 0 Å². The molecule has 0 radical (unpaired) electrons. The van der Waals surface area contributed by atoms with Gasteiger partial charge in [0.15, 0.2) is 0 Å². The Kier molecular flexibility index (Phi) is 8.49. The number of carbonyl (C=O) groups is 3. The Morgan fingerprint density at radius 2 is 1.96 bits per heavy atom. The summed E-state index contributed by atoms with van der Waals surface area (Å²) >= 11 is 0. The first-order valence-electron chi connectivity index (χ1n) is 8.19. The fraction of sp³-hybridized carbons (Fsp3) is 0.412. The summed E-state index contributed by atoms with van der Waals surface area (Å²) in [7, 11) is 0. The highest BCUT2D eigenvalue weighted by atomic mass is 19.1. The molecule has 0 unspecified atom stereocenters. The molecule has 5 N–H and O–H groups in total. The average molecular weight is 382 g/mol. The molecule has 1 aromatic rings. The highest BCUT2D eigenvalue weighted by Crippen LogP contribution is 2.07. The van der Waals surface area contributed by atoms with Gasteiger partial charge in [-0.05, 0) is 18.9 Å². The minimum atomic E-state index is -1.20. The van der Waals surface area contributed by atoms with Crippen LogP contribution in [-0.2, 0) is 16.1 Å². The second-order valence-corrected chi connectivity index (χ2v) is 5.94. The van der Waals surface area contributed by atoms with E-state index in [9.17, 15) is 18.8 Å². The number of aromatic nitrogens is 1. The van der Waals surface area contributed by atoms with Gasteiger partial charge in [-0.25, -0.2) is 14.2 Å². The van der Waals surface area contributed by atoms with Crippen LogP contribution >= 0.6 is 0 Å². The maximum Gasteiger partial charge on any atom is 0.326 e. The molecule has 1 rings (SSSR count). The first-order chi connectivity index (χ1) is 12.7. The number of aliphatic hydroxyl groups is 1. The zero-order chi connectivity index (χ0) is 20.6. The summed E-state index contributed by atoms with van der Waals surface area (Å²) in [5.41, 5.74) is -0.269. The Balaban J connectivity index is 2.91. The lowest BCUT2D eigenvalue weighted by molar-refractivity contribution is -0.142. The van der Waals surface area contributed by atoms with Gasteiger partial charge in [-0.15, -0.1) is 0 Å². The molecule has 10 heteroatoms. The smallest absolute Gasteiger partial charge is 0.326 e. The van der Waals surface area contributed by atoms with Crippen molar-refractivity contribution in [3.05, 3.63) is 41.1 Å². The molecule has 0 saturated heterocycles. The summed E-state index contributed by atoms with van der Waals surface area (Å²) in [6.07, 6.45) is 1.29. The predicted molar refractivity (Wildman–Crippen MR) is 93.7 cm³/mol. The minimum Gasteiger partial charge on any atom is -0.480 e. The second kappa shape index (κ2) is 10.3. The van der Waals surface area contributed by atoms with Crippen LogP contribution in [-0.4, -0.2) is 45.8 Å². The van der Waals surface area contributed by atoms with E-state index in [1.165, 1.54) is 13.0 Å². The third-order valence-electron chi connectivity index (χ3n) is 3.49. The molecule has 0 saturated carbocycles. The fourth-order valence-corrected chi connectivity index (χ4v) is 2.12. The molecule has 0 fully saturated rings. The van der Waals surface area contributed by atoms with Crippen LogP contribution in [0.4, 0.5) is 4.39 Å². The molecule has 1 heterocycles. The van der Waals surface area contributed by atoms with Crippen LogP contribution in [0.25, 0.3) is 0 Å². The Bertz CT molecular complexity index is 736. The summed E-state index contributed by atoms with van der Waals surface area (Å²) < 4.78 is 13.7. The predicted octanol–water partition coefficient (Wildman–Crippen LogP) is 0.119. The minimum absolute atomic E-state index is 0.0418. The monoisotopic (exact) mass is 382 g/mol. The van der Waals surface area contributed by atoms with E-state index < -0.39 is 29.6 Å². The van der Waals surface area contributed by atoms with Gasteiger partial charge in [-0.3, -0.25) is 14.9 Å². The quantitative estimate of drug-likeness (QED) is 0.302. The number of carboxylic acids is 1. The third-order valence-corrected chi connectivity index (χ3v) is 3.49. The second-order valence-electron chi connectivity index (χ2n) is 5.94. The molecule has 0 spiro atoms. The Morgan fingerprint density at radius 1 is 1.30 bits per heavy atom. The zero-order valence-electron chi connectivity index (χ0n) is 15.2. The number of hydrogen-bond acceptors (Lipinski definition) is 6. The molecular weight excluding hydrogens is 359 g/mol. The summed E-state index contributed by atoms with van der Waals surface area (Å²) in [4.78, 5) is 39.7. The van der Waals surface area contributed by atoms with Gasteiger partial charge in [-0.1, -0.05) is 19.9 Å². The van der Waals surface area contributed by atoms with Crippen molar-refractivity contribution in [3.8, 4) is 0 Å². The van der Waals surface area contributed by atoms with Crippen molar-refractivity contribution in [3.63, 3.8) is 0 Å². The van der Waals surface area contributed by atoms with Crippen molar-refractivity contribution in [1.29, 1.82) is 0 Å². The Labute approximate surface area is 155 Å². The van der Waals surface area contributed by atoms with Gasteiger partial charge in [0, 0.05) is 12.6 Å². The number of nitrogens with zero attached hydrogens (tertiary/aromatic N) is 1. The molecule has 1 atom stereocenters. The molecule has 1 aromatic heterocycles. The van der Waals surface area contributed by atoms with E-state index in [0.717, 1.165) is 12.1 Å². The number of rotatable bonds is 9. The van der Waals surface area contributed by atoms with E-state index >= 15 is 0 Å². The number of hydrogen-bond donors (Lipinski definition) is 5. The van der Waals surface area contributed by atoms with Gasteiger partial charge in [0.05, 0.1) is 12.4 Å². The summed E-state index contributed by atoms with van der Waals surface area (Å²) in [5, 5.41) is 25.0. The Morgan fingerprint density at radius 3 is 2.48 bits per heavy atom. The lowest BCUT2D eigenvalue weighted by Gasteiger charge is -2.19. The highest BCUT2D eigenvalue weighted by Gasteiger charge is 2.25. The number of allylic oxidation sites excluding steroid dienone is 1. The SMILES string of the molecule is C/C=C(\NC(=O)c1cc(F)cc(CNCO)n1)C(=O)N[C@H](C(=O)O)C(C)C. The number of amides is 2. The molecular formula is C17H23FN4O5. The van der Waals surface area contributed by atoms with Crippen molar-refractivity contribution >= 4 is 17.8 Å². The first-order valence-corrected chi connectivity index (χ1v) is 8.19. The van der Waals surface area contributed by atoms with Crippen molar-refractivity contribution < 1.29 is 29.0 Å². The van der Waals surface area contributed by atoms with Crippen molar-refractivity contribution in [2.75, 3.05) is 6.73 Å². The van der Waals surface area contributed by atoms with Crippen LogP contribution in [0.5, 0.6) is 0 Å². The lowest BCUT2D eigenvalue weighted by atomic mass is 10.0. The van der Waals surface area contributed by atoms with Gasteiger partial charge in [0.1, 0.15) is 23.3 Å². The molecule has 0 aromatic carbocycles. The molecule has 2 amide bonds. The van der Waals surface area contributed by atoms with E-state index in [1.807, 2.05) is 0 Å². The van der Waals surface area contributed by atoms with E-state index in [2.05, 4.69) is 20.9 Å². The lowest BCUT2D eigenvalue weighted by Crippen LogP contribution is -2.47. The maximum absolute atomic E-state index is 13.7. The highest BCUT2D eigenvalue weighted by molar-refractivity contribution is 6.02. The molecule has 27 heavy (non-hydrogen) atoms. The van der Waals surface area contributed by atoms with Gasteiger partial charge < -0.3 is 20.8 Å². The van der Waals surface area contributed by atoms with Gasteiger partial charge >= 0.3 is 5.97 Å². The Hall–Kier alpha value is -2.85. The number of carbonyl (C=O) groups excluding carboxylic acids is 2. The van der Waals surface area contributed by atoms with Gasteiger partial charge in [0.2, 0.25) is 0 Å². The van der Waals surface area contributed by atoms with Crippen LogP contribution in [0.1, 0.15) is 37.0 Å². The van der Waals surface area contributed by atoms with Crippen LogP contribution < -0.4 is 16.0 Å². The van der Waals surface area contributed by atoms with Crippen molar-refractivity contribution in [2.45, 2.75) is 33.4 Å². The zero-order valence-corrected chi connectivity index (χ0v) is 15.2. The van der Waals surface area contributed by atoms with Gasteiger partial charge in [0.25, 0.3) is 11.8 Å². The van der Waals surface area contributed by atoms with Crippen LogP contribution in [0.15, 0.2) is 23.9 Å². The summed E-state index contributed by atoms with van der Waals surface area (Å²) in [5.74, 6) is -3.90. The topological polar surface area (TPSA) is 141 Å². The summed E-state index contributed by atoms with van der Waals surface area (Å²) in [6.45, 7) is 4.44. The molecule has 9 nitrogen and oxygen atoms in total. The normalized spacial score (nSPS) is 12.6. The first kappa shape index (κ1) is 22.2. The molecule has 0 aliphatic heterocycles. The average Bonchev–Trinajstić information content (AvgIpc) is 2.60. The fourth-order valence-electron chi connectivity index (χ4n) is 2.12. The largest absolute Gasteiger partial charge is 0.480 e.